The fourth-order valence-corrected chi connectivity index (χ4v) is 2.85. The summed E-state index contributed by atoms with van der Waals surface area (Å²) in [6.45, 7) is 4.86. The summed E-state index contributed by atoms with van der Waals surface area (Å²) in [6, 6.07) is 18.8. The number of aryl methyl sites for hydroxylation is 1. The van der Waals surface area contributed by atoms with Crippen LogP contribution in [0.15, 0.2) is 54.6 Å². The van der Waals surface area contributed by atoms with E-state index in [1.807, 2.05) is 24.3 Å². The van der Waals surface area contributed by atoms with Crippen LogP contribution >= 0.6 is 11.6 Å². The van der Waals surface area contributed by atoms with Crippen molar-refractivity contribution in [2.45, 2.75) is 26.4 Å². The Balaban J connectivity index is 1.84. The standard InChI is InChI=1S/C19H19ClN2/c1-13-16-10-6-7-11-17(16)22-18(19(13)20)12-21-14(2)15-8-4-3-5-9-15/h3-11,14,21H,12H2,1-2H3. The SMILES string of the molecule is Cc1c(Cl)c(CNC(C)c2ccccc2)nc2ccccc12. The van der Waals surface area contributed by atoms with Crippen LogP contribution in [0.4, 0.5) is 0 Å². The largest absolute Gasteiger partial charge is 0.305 e. The van der Waals surface area contributed by atoms with E-state index in [0.717, 1.165) is 27.2 Å². The molecule has 1 atom stereocenters. The molecule has 2 nitrogen and oxygen atoms in total. The lowest BCUT2D eigenvalue weighted by Crippen LogP contribution is -2.19. The Labute approximate surface area is 136 Å². The van der Waals surface area contributed by atoms with Crippen molar-refractivity contribution in [3.05, 3.63) is 76.4 Å². The predicted octanol–water partition coefficient (Wildman–Crippen LogP) is 5.05. The van der Waals surface area contributed by atoms with Gasteiger partial charge in [0.1, 0.15) is 0 Å². The minimum absolute atomic E-state index is 0.255. The molecule has 0 fully saturated rings. The van der Waals surface area contributed by atoms with Crippen molar-refractivity contribution in [1.29, 1.82) is 0 Å². The number of aromatic nitrogens is 1. The maximum Gasteiger partial charge on any atom is 0.0738 e. The van der Waals surface area contributed by atoms with E-state index in [0.29, 0.717) is 6.54 Å². The summed E-state index contributed by atoms with van der Waals surface area (Å²) in [4.78, 5) is 4.71. The molecular weight excluding hydrogens is 292 g/mol. The lowest BCUT2D eigenvalue weighted by atomic mass is 10.1. The van der Waals surface area contributed by atoms with E-state index < -0.39 is 0 Å². The molecule has 2 aromatic carbocycles. The first-order valence-corrected chi connectivity index (χ1v) is 7.86. The summed E-state index contributed by atoms with van der Waals surface area (Å²) in [5, 5.41) is 5.37. The molecule has 0 amide bonds. The van der Waals surface area contributed by atoms with E-state index >= 15 is 0 Å². The van der Waals surface area contributed by atoms with Gasteiger partial charge in [0.15, 0.2) is 0 Å². The third kappa shape index (κ3) is 2.99. The number of halogens is 1. The zero-order valence-corrected chi connectivity index (χ0v) is 13.6. The molecule has 0 aliphatic heterocycles. The highest BCUT2D eigenvalue weighted by Crippen LogP contribution is 2.27. The highest BCUT2D eigenvalue weighted by molar-refractivity contribution is 6.32. The molecule has 3 rings (SSSR count). The summed E-state index contributed by atoms with van der Waals surface area (Å²) in [6.07, 6.45) is 0. The van der Waals surface area contributed by atoms with Crippen LogP contribution in [0, 0.1) is 6.92 Å². The van der Waals surface area contributed by atoms with Crippen molar-refractivity contribution in [2.24, 2.45) is 0 Å². The molecule has 22 heavy (non-hydrogen) atoms. The van der Waals surface area contributed by atoms with Gasteiger partial charge in [0.25, 0.3) is 0 Å². The van der Waals surface area contributed by atoms with Gasteiger partial charge in [0, 0.05) is 18.0 Å². The van der Waals surface area contributed by atoms with Crippen LogP contribution in [0.3, 0.4) is 0 Å². The number of benzene rings is 2. The van der Waals surface area contributed by atoms with Crippen LogP contribution in [-0.4, -0.2) is 4.98 Å². The number of hydrogen-bond donors (Lipinski definition) is 1. The van der Waals surface area contributed by atoms with E-state index in [-0.39, 0.29) is 6.04 Å². The molecule has 0 radical (unpaired) electrons. The van der Waals surface area contributed by atoms with Gasteiger partial charge in [-0.05, 0) is 31.0 Å². The number of hydrogen-bond acceptors (Lipinski definition) is 2. The van der Waals surface area contributed by atoms with Gasteiger partial charge in [-0.2, -0.15) is 0 Å². The highest BCUT2D eigenvalue weighted by Gasteiger charge is 2.11. The number of nitrogens with one attached hydrogen (secondary N) is 1. The fraction of sp³-hybridized carbons (Fsp3) is 0.211. The molecule has 0 saturated heterocycles. The minimum atomic E-state index is 0.255. The van der Waals surface area contributed by atoms with Gasteiger partial charge >= 0.3 is 0 Å². The summed E-state index contributed by atoms with van der Waals surface area (Å²) < 4.78 is 0. The Bertz CT molecular complexity index is 784. The van der Waals surface area contributed by atoms with Crippen molar-refractivity contribution >= 4 is 22.5 Å². The molecule has 1 aromatic heterocycles. The summed E-state index contributed by atoms with van der Waals surface area (Å²) in [7, 11) is 0. The normalized spacial score (nSPS) is 12.5. The molecule has 1 heterocycles. The molecule has 1 N–H and O–H groups in total. The monoisotopic (exact) mass is 310 g/mol. The first kappa shape index (κ1) is 15.0. The Kier molecular flexibility index (Phi) is 4.41. The number of para-hydroxylation sites is 1. The van der Waals surface area contributed by atoms with Crippen molar-refractivity contribution in [3.63, 3.8) is 0 Å². The van der Waals surface area contributed by atoms with Crippen LogP contribution in [-0.2, 0) is 6.54 Å². The van der Waals surface area contributed by atoms with Crippen molar-refractivity contribution in [2.75, 3.05) is 0 Å². The van der Waals surface area contributed by atoms with Gasteiger partial charge in [-0.25, -0.2) is 4.98 Å². The van der Waals surface area contributed by atoms with Crippen LogP contribution in [0.1, 0.15) is 29.8 Å². The average Bonchev–Trinajstić information content (AvgIpc) is 2.57. The van der Waals surface area contributed by atoms with E-state index in [1.165, 1.54) is 5.56 Å². The second-order valence-electron chi connectivity index (χ2n) is 5.53. The number of pyridine rings is 1. The third-order valence-electron chi connectivity index (χ3n) is 4.02. The van der Waals surface area contributed by atoms with Crippen molar-refractivity contribution in [1.82, 2.24) is 10.3 Å². The van der Waals surface area contributed by atoms with Gasteiger partial charge in [-0.3, -0.25) is 0 Å². The molecule has 0 spiro atoms. The maximum atomic E-state index is 6.50. The van der Waals surface area contributed by atoms with Gasteiger partial charge in [0.2, 0.25) is 0 Å². The summed E-state index contributed by atoms with van der Waals surface area (Å²) in [5.74, 6) is 0. The summed E-state index contributed by atoms with van der Waals surface area (Å²) >= 11 is 6.50. The van der Waals surface area contributed by atoms with Crippen LogP contribution < -0.4 is 5.32 Å². The van der Waals surface area contributed by atoms with Gasteiger partial charge < -0.3 is 5.32 Å². The first-order chi connectivity index (χ1) is 10.7. The third-order valence-corrected chi connectivity index (χ3v) is 4.52. The molecule has 3 aromatic rings. The summed E-state index contributed by atoms with van der Waals surface area (Å²) in [5.41, 5.74) is 4.25. The quantitative estimate of drug-likeness (QED) is 0.729. The lowest BCUT2D eigenvalue weighted by molar-refractivity contribution is 0.568. The van der Waals surface area contributed by atoms with Gasteiger partial charge in [-0.1, -0.05) is 60.1 Å². The predicted molar refractivity (Wildman–Crippen MR) is 93.2 cm³/mol. The van der Waals surface area contributed by atoms with E-state index in [1.54, 1.807) is 0 Å². The second kappa shape index (κ2) is 6.47. The van der Waals surface area contributed by atoms with Crippen LogP contribution in [0.25, 0.3) is 10.9 Å². The molecule has 0 saturated carbocycles. The molecule has 3 heteroatoms. The number of rotatable bonds is 4. The Morgan fingerprint density at radius 2 is 1.73 bits per heavy atom. The van der Waals surface area contributed by atoms with Crippen LogP contribution in [0.2, 0.25) is 5.02 Å². The molecule has 1 unspecified atom stereocenters. The second-order valence-corrected chi connectivity index (χ2v) is 5.91. The van der Waals surface area contributed by atoms with E-state index in [4.69, 9.17) is 16.6 Å². The lowest BCUT2D eigenvalue weighted by Gasteiger charge is -2.16. The molecule has 0 aliphatic rings. The topological polar surface area (TPSA) is 24.9 Å². The van der Waals surface area contributed by atoms with E-state index in [2.05, 4.69) is 49.5 Å². The van der Waals surface area contributed by atoms with Gasteiger partial charge in [-0.15, -0.1) is 0 Å². The average molecular weight is 311 g/mol. The molecule has 0 aliphatic carbocycles. The highest BCUT2D eigenvalue weighted by atomic mass is 35.5. The Hall–Kier alpha value is -1.90. The number of nitrogens with zero attached hydrogens (tertiary/aromatic N) is 1. The smallest absolute Gasteiger partial charge is 0.0738 e. The molecule has 0 bridgehead atoms. The fourth-order valence-electron chi connectivity index (χ4n) is 2.64. The molecular formula is C19H19ClN2. The zero-order chi connectivity index (χ0) is 15.5. The Morgan fingerprint density at radius 1 is 1.05 bits per heavy atom. The van der Waals surface area contributed by atoms with Crippen LogP contribution in [0.5, 0.6) is 0 Å². The maximum absolute atomic E-state index is 6.50. The van der Waals surface area contributed by atoms with E-state index in [9.17, 15) is 0 Å². The number of fused-ring (bicyclic) bond motifs is 1. The zero-order valence-electron chi connectivity index (χ0n) is 12.8. The molecule has 112 valence electrons. The van der Waals surface area contributed by atoms with Gasteiger partial charge in [0.05, 0.1) is 16.2 Å². The Morgan fingerprint density at radius 3 is 2.50 bits per heavy atom. The van der Waals surface area contributed by atoms with Crippen molar-refractivity contribution in [3.8, 4) is 0 Å². The minimum Gasteiger partial charge on any atom is -0.305 e. The van der Waals surface area contributed by atoms with Crippen molar-refractivity contribution < 1.29 is 0 Å². The first-order valence-electron chi connectivity index (χ1n) is 7.49.